The maximum atomic E-state index is 12.0. The third-order valence-corrected chi connectivity index (χ3v) is 4.97. The van der Waals surface area contributed by atoms with E-state index in [4.69, 9.17) is 11.6 Å². The Morgan fingerprint density at radius 2 is 1.81 bits per heavy atom. The van der Waals surface area contributed by atoms with E-state index in [1.54, 1.807) is 18.2 Å². The third kappa shape index (κ3) is 6.63. The van der Waals surface area contributed by atoms with E-state index in [1.807, 2.05) is 38.1 Å². The fraction of sp³-hybridized carbons (Fsp3) is 0.211. The van der Waals surface area contributed by atoms with Crippen molar-refractivity contribution in [1.82, 2.24) is 4.72 Å². The maximum Gasteiger partial charge on any atom is 0.233 e. The summed E-state index contributed by atoms with van der Waals surface area (Å²) in [5.74, 6) is -0.277. The van der Waals surface area contributed by atoms with Gasteiger partial charge in [0, 0.05) is 29.1 Å². The monoisotopic (exact) mass is 392 g/mol. The zero-order valence-corrected chi connectivity index (χ0v) is 16.2. The summed E-state index contributed by atoms with van der Waals surface area (Å²) < 4.78 is 26.3. The number of sulfonamides is 1. The summed E-state index contributed by atoms with van der Waals surface area (Å²) in [5.41, 5.74) is 3.39. The molecule has 0 aliphatic rings. The molecular weight excluding hydrogens is 372 g/mol. The number of anilines is 1. The highest BCUT2D eigenvalue weighted by atomic mass is 35.5. The van der Waals surface area contributed by atoms with E-state index in [-0.39, 0.29) is 18.9 Å². The van der Waals surface area contributed by atoms with Gasteiger partial charge in [0.2, 0.25) is 15.9 Å². The van der Waals surface area contributed by atoms with Gasteiger partial charge in [-0.2, -0.15) is 0 Å². The lowest BCUT2D eigenvalue weighted by molar-refractivity contribution is -0.116. The van der Waals surface area contributed by atoms with Crippen molar-refractivity contribution in [1.29, 1.82) is 0 Å². The summed E-state index contributed by atoms with van der Waals surface area (Å²) in [6.07, 6.45) is 1.54. The first-order valence-electron chi connectivity index (χ1n) is 8.05. The molecule has 2 aromatic carbocycles. The van der Waals surface area contributed by atoms with Gasteiger partial charge < -0.3 is 5.32 Å². The fourth-order valence-electron chi connectivity index (χ4n) is 2.18. The number of amides is 1. The number of hydrogen-bond acceptors (Lipinski definition) is 3. The number of hydrogen-bond donors (Lipinski definition) is 2. The number of aryl methyl sites for hydroxylation is 2. The van der Waals surface area contributed by atoms with Crippen molar-refractivity contribution in [3.8, 4) is 0 Å². The van der Waals surface area contributed by atoms with E-state index in [0.29, 0.717) is 10.7 Å². The van der Waals surface area contributed by atoms with Gasteiger partial charge in [-0.3, -0.25) is 4.79 Å². The smallest absolute Gasteiger partial charge is 0.233 e. The molecule has 0 atom stereocenters. The van der Waals surface area contributed by atoms with Gasteiger partial charge in [-0.25, -0.2) is 13.1 Å². The molecule has 2 rings (SSSR count). The highest BCUT2D eigenvalue weighted by Crippen LogP contribution is 2.19. The molecule has 2 N–H and O–H groups in total. The zero-order chi connectivity index (χ0) is 19.2. The van der Waals surface area contributed by atoms with Crippen molar-refractivity contribution in [2.24, 2.45) is 0 Å². The second kappa shape index (κ2) is 8.98. The number of halogens is 1. The minimum Gasteiger partial charge on any atom is -0.326 e. The Hall–Kier alpha value is -2.15. The summed E-state index contributed by atoms with van der Waals surface area (Å²) in [6, 6.07) is 12.6. The van der Waals surface area contributed by atoms with E-state index >= 15 is 0 Å². The van der Waals surface area contributed by atoms with Crippen LogP contribution in [0.4, 0.5) is 5.69 Å². The Bertz CT molecular complexity index is 907. The first-order chi connectivity index (χ1) is 12.2. The van der Waals surface area contributed by atoms with Gasteiger partial charge >= 0.3 is 0 Å². The molecule has 0 saturated heterocycles. The Kier molecular flexibility index (Phi) is 6.97. The van der Waals surface area contributed by atoms with Crippen LogP contribution in [-0.2, 0) is 14.8 Å². The van der Waals surface area contributed by atoms with Crippen LogP contribution in [0.25, 0.3) is 6.08 Å². The van der Waals surface area contributed by atoms with Crippen LogP contribution in [0, 0.1) is 13.8 Å². The molecule has 1 amide bonds. The molecule has 138 valence electrons. The number of benzene rings is 2. The highest BCUT2D eigenvalue weighted by molar-refractivity contribution is 7.92. The molecule has 0 bridgehead atoms. The second-order valence-corrected chi connectivity index (χ2v) is 8.00. The largest absolute Gasteiger partial charge is 0.326 e. The maximum absolute atomic E-state index is 12.0. The zero-order valence-electron chi connectivity index (χ0n) is 14.6. The highest BCUT2D eigenvalue weighted by Gasteiger charge is 2.08. The van der Waals surface area contributed by atoms with Gasteiger partial charge in [0.25, 0.3) is 0 Å². The molecule has 0 aromatic heterocycles. The molecule has 0 spiro atoms. The van der Waals surface area contributed by atoms with Crippen molar-refractivity contribution in [2.75, 3.05) is 11.9 Å². The van der Waals surface area contributed by atoms with Gasteiger partial charge in [0.1, 0.15) is 0 Å². The number of rotatable bonds is 7. The lowest BCUT2D eigenvalue weighted by atomic mass is 10.2. The van der Waals surface area contributed by atoms with E-state index in [9.17, 15) is 13.2 Å². The molecule has 7 heteroatoms. The van der Waals surface area contributed by atoms with Gasteiger partial charge in [-0.05, 0) is 49.2 Å². The van der Waals surface area contributed by atoms with Crippen LogP contribution in [0.15, 0.2) is 47.9 Å². The van der Waals surface area contributed by atoms with E-state index in [1.165, 1.54) is 6.08 Å². The molecule has 0 unspecified atom stereocenters. The summed E-state index contributed by atoms with van der Waals surface area (Å²) in [5, 5.41) is 4.42. The van der Waals surface area contributed by atoms with Crippen LogP contribution in [0.3, 0.4) is 0 Å². The summed E-state index contributed by atoms with van der Waals surface area (Å²) in [6.45, 7) is 3.81. The molecule has 2 aromatic rings. The summed E-state index contributed by atoms with van der Waals surface area (Å²) in [4.78, 5) is 11.9. The molecule has 0 fully saturated rings. The normalized spacial score (nSPS) is 11.7. The second-order valence-electron chi connectivity index (χ2n) is 5.91. The first kappa shape index (κ1) is 20.2. The molecular formula is C19H21ClN2O3S. The number of carbonyl (C=O) groups is 1. The number of carbonyl (C=O) groups excluding carboxylic acids is 1. The van der Waals surface area contributed by atoms with Crippen LogP contribution >= 0.6 is 11.6 Å². The molecule has 5 nitrogen and oxygen atoms in total. The van der Waals surface area contributed by atoms with Crippen LogP contribution in [-0.4, -0.2) is 20.9 Å². The van der Waals surface area contributed by atoms with Crippen molar-refractivity contribution < 1.29 is 13.2 Å². The Balaban J connectivity index is 1.83. The van der Waals surface area contributed by atoms with Crippen molar-refractivity contribution in [3.05, 3.63) is 69.6 Å². The van der Waals surface area contributed by atoms with Gasteiger partial charge in [0.05, 0.1) is 0 Å². The predicted molar refractivity (Wildman–Crippen MR) is 107 cm³/mol. The topological polar surface area (TPSA) is 75.3 Å². The van der Waals surface area contributed by atoms with E-state index in [0.717, 1.165) is 22.1 Å². The quantitative estimate of drug-likeness (QED) is 0.750. The average molecular weight is 393 g/mol. The van der Waals surface area contributed by atoms with Crippen LogP contribution in [0.2, 0.25) is 5.02 Å². The van der Waals surface area contributed by atoms with Crippen molar-refractivity contribution in [3.63, 3.8) is 0 Å². The van der Waals surface area contributed by atoms with E-state index in [2.05, 4.69) is 10.0 Å². The molecule has 0 saturated carbocycles. The van der Waals surface area contributed by atoms with Crippen LogP contribution in [0.5, 0.6) is 0 Å². The number of nitrogens with one attached hydrogen (secondary N) is 2. The van der Waals surface area contributed by atoms with Crippen LogP contribution in [0.1, 0.15) is 23.1 Å². The summed E-state index contributed by atoms with van der Waals surface area (Å²) >= 11 is 5.87. The average Bonchev–Trinajstić information content (AvgIpc) is 2.57. The van der Waals surface area contributed by atoms with Gasteiger partial charge in [0.15, 0.2) is 0 Å². The van der Waals surface area contributed by atoms with Crippen LogP contribution < -0.4 is 10.0 Å². The Morgan fingerprint density at radius 3 is 2.46 bits per heavy atom. The van der Waals surface area contributed by atoms with Gasteiger partial charge in [-0.15, -0.1) is 0 Å². The Morgan fingerprint density at radius 1 is 1.12 bits per heavy atom. The summed E-state index contributed by atoms with van der Waals surface area (Å²) in [7, 11) is -3.60. The lowest BCUT2D eigenvalue weighted by Crippen LogP contribution is -2.26. The van der Waals surface area contributed by atoms with Crippen molar-refractivity contribution in [2.45, 2.75) is 20.3 Å². The first-order valence-corrected chi connectivity index (χ1v) is 9.98. The lowest BCUT2D eigenvalue weighted by Gasteiger charge is -2.09. The van der Waals surface area contributed by atoms with E-state index < -0.39 is 10.0 Å². The molecule has 0 heterocycles. The molecule has 26 heavy (non-hydrogen) atoms. The third-order valence-electron chi connectivity index (χ3n) is 3.63. The SMILES string of the molecule is Cc1ccc(/C=C/S(=O)(=O)NCCC(=O)Nc2ccc(Cl)cc2C)cc1. The Labute approximate surface area is 159 Å². The standard InChI is InChI=1S/C19H21ClN2O3S/c1-14-3-5-16(6-4-14)10-12-26(24,25)21-11-9-19(23)22-18-8-7-17(20)13-15(18)2/h3-8,10,12-13,21H,9,11H2,1-2H3,(H,22,23)/b12-10+. The molecule has 0 radical (unpaired) electrons. The molecule has 0 aliphatic heterocycles. The minimum atomic E-state index is -3.60. The fourth-order valence-corrected chi connectivity index (χ4v) is 3.23. The predicted octanol–water partition coefficient (Wildman–Crippen LogP) is 3.88. The van der Waals surface area contributed by atoms with Gasteiger partial charge in [-0.1, -0.05) is 41.4 Å². The van der Waals surface area contributed by atoms with Crippen molar-refractivity contribution >= 4 is 39.3 Å². The molecule has 0 aliphatic carbocycles. The minimum absolute atomic E-state index is 0.0129.